The lowest BCUT2D eigenvalue weighted by molar-refractivity contribution is 1.32. The van der Waals surface area contributed by atoms with E-state index >= 15 is 0 Å². The minimum Gasteiger partial charge on any atom is -0.375 e. The Morgan fingerprint density at radius 1 is 0.475 bits per heavy atom. The van der Waals surface area contributed by atoms with Gasteiger partial charge in [0.15, 0.2) is 10.3 Å². The number of nitrogens with zero attached hydrogens (tertiary/aromatic N) is 2. The molecule has 0 aliphatic rings. The third-order valence-electron chi connectivity index (χ3n) is 6.84. The van der Waals surface area contributed by atoms with Gasteiger partial charge in [-0.05, 0) is 72.2 Å². The largest absolute Gasteiger partial charge is 0.375 e. The molecule has 0 amide bonds. The Bertz CT molecular complexity index is 1570. The number of nitrogens with two attached hydrogens (primary N) is 2. The van der Waals surface area contributed by atoms with E-state index in [2.05, 4.69) is 110 Å². The standard InChI is InChI=1S/2C17H16N2S/c2*1-11-8-14(13-6-4-3-5-7-13)9-12(2)16(11)15-10-20-17(18)19-15/h2*3-10H,1-2H3,(H2,18,19). The van der Waals surface area contributed by atoms with E-state index in [-0.39, 0.29) is 0 Å². The highest BCUT2D eigenvalue weighted by Crippen LogP contribution is 2.34. The predicted molar refractivity (Wildman–Crippen MR) is 174 cm³/mol. The molecule has 2 aromatic heterocycles. The van der Waals surface area contributed by atoms with Gasteiger partial charge in [0.1, 0.15) is 0 Å². The van der Waals surface area contributed by atoms with Crippen molar-refractivity contribution in [1.29, 1.82) is 0 Å². The van der Waals surface area contributed by atoms with Crippen LogP contribution in [-0.4, -0.2) is 9.97 Å². The van der Waals surface area contributed by atoms with Crippen LogP contribution in [-0.2, 0) is 0 Å². The lowest BCUT2D eigenvalue weighted by Gasteiger charge is -2.11. The van der Waals surface area contributed by atoms with Crippen LogP contribution < -0.4 is 11.5 Å². The van der Waals surface area contributed by atoms with Crippen LogP contribution >= 0.6 is 22.7 Å². The number of rotatable bonds is 4. The lowest BCUT2D eigenvalue weighted by Crippen LogP contribution is -1.91. The summed E-state index contributed by atoms with van der Waals surface area (Å²) in [5, 5.41) is 5.27. The summed E-state index contributed by atoms with van der Waals surface area (Å²) in [4.78, 5) is 8.80. The third kappa shape index (κ3) is 5.98. The maximum atomic E-state index is 5.74. The minimum atomic E-state index is 0.617. The van der Waals surface area contributed by atoms with Crippen molar-refractivity contribution in [2.24, 2.45) is 0 Å². The first-order valence-electron chi connectivity index (χ1n) is 13.1. The van der Waals surface area contributed by atoms with Crippen LogP contribution in [0.25, 0.3) is 44.8 Å². The normalized spacial score (nSPS) is 10.7. The van der Waals surface area contributed by atoms with Crippen LogP contribution in [0.4, 0.5) is 10.3 Å². The molecule has 0 fully saturated rings. The summed E-state index contributed by atoms with van der Waals surface area (Å²) < 4.78 is 0. The molecular weight excluding hydrogens is 529 g/mol. The molecule has 0 saturated heterocycles. The number of hydrogen-bond donors (Lipinski definition) is 2. The molecule has 0 spiro atoms. The first kappa shape index (κ1) is 27.3. The maximum absolute atomic E-state index is 5.74. The van der Waals surface area contributed by atoms with Gasteiger partial charge in [-0.25, -0.2) is 9.97 Å². The van der Waals surface area contributed by atoms with Crippen LogP contribution in [0.1, 0.15) is 22.3 Å². The number of anilines is 2. The number of benzene rings is 4. The number of aromatic nitrogens is 2. The Labute approximate surface area is 244 Å². The molecule has 40 heavy (non-hydrogen) atoms. The Kier molecular flexibility index (Phi) is 8.10. The minimum absolute atomic E-state index is 0.617. The molecule has 0 radical (unpaired) electrons. The fourth-order valence-corrected chi connectivity index (χ4v) is 6.24. The number of thiazole rings is 2. The molecular formula is C34H32N4S2. The Balaban J connectivity index is 0.000000161. The van der Waals surface area contributed by atoms with E-state index in [1.54, 1.807) is 0 Å². The zero-order valence-corrected chi connectivity index (χ0v) is 24.7. The average Bonchev–Trinajstić information content (AvgIpc) is 3.57. The van der Waals surface area contributed by atoms with E-state index in [1.165, 1.54) is 78.3 Å². The molecule has 6 rings (SSSR count). The number of aryl methyl sites for hydroxylation is 4. The maximum Gasteiger partial charge on any atom is 0.180 e. The van der Waals surface area contributed by atoms with Crippen LogP contribution in [0.2, 0.25) is 0 Å². The van der Waals surface area contributed by atoms with Crippen molar-refractivity contribution in [3.63, 3.8) is 0 Å². The fraction of sp³-hybridized carbons (Fsp3) is 0.118. The van der Waals surface area contributed by atoms with E-state index in [9.17, 15) is 0 Å². The number of hydrogen-bond acceptors (Lipinski definition) is 6. The van der Waals surface area contributed by atoms with Gasteiger partial charge >= 0.3 is 0 Å². The summed E-state index contributed by atoms with van der Waals surface area (Å²) in [5.74, 6) is 0. The molecule has 6 heteroatoms. The highest BCUT2D eigenvalue weighted by molar-refractivity contribution is 7.14. The zero-order valence-electron chi connectivity index (χ0n) is 23.1. The summed E-state index contributed by atoms with van der Waals surface area (Å²) in [6.07, 6.45) is 0. The number of nitrogen functional groups attached to an aromatic ring is 2. The summed E-state index contributed by atoms with van der Waals surface area (Å²) >= 11 is 2.97. The third-order valence-corrected chi connectivity index (χ3v) is 8.18. The second-order valence-corrected chi connectivity index (χ2v) is 11.6. The first-order chi connectivity index (χ1) is 19.3. The van der Waals surface area contributed by atoms with Gasteiger partial charge in [-0.2, -0.15) is 0 Å². The van der Waals surface area contributed by atoms with Crippen molar-refractivity contribution < 1.29 is 0 Å². The molecule has 0 atom stereocenters. The Hall–Kier alpha value is -4.26. The zero-order chi connectivity index (χ0) is 28.2. The van der Waals surface area contributed by atoms with Crippen molar-refractivity contribution in [2.45, 2.75) is 27.7 Å². The molecule has 0 bridgehead atoms. The van der Waals surface area contributed by atoms with Gasteiger partial charge in [0.25, 0.3) is 0 Å². The summed E-state index contributed by atoms with van der Waals surface area (Å²) in [7, 11) is 0. The molecule has 4 N–H and O–H groups in total. The van der Waals surface area contributed by atoms with Crippen LogP contribution in [0, 0.1) is 27.7 Å². The first-order valence-corrected chi connectivity index (χ1v) is 14.8. The highest BCUT2D eigenvalue weighted by Gasteiger charge is 2.12. The van der Waals surface area contributed by atoms with E-state index < -0.39 is 0 Å². The van der Waals surface area contributed by atoms with E-state index in [0.29, 0.717) is 10.3 Å². The van der Waals surface area contributed by atoms with E-state index in [1.807, 2.05) is 22.9 Å². The van der Waals surface area contributed by atoms with Crippen molar-refractivity contribution in [3.05, 3.63) is 118 Å². The van der Waals surface area contributed by atoms with Gasteiger partial charge in [0.2, 0.25) is 0 Å². The molecule has 4 aromatic carbocycles. The molecule has 4 nitrogen and oxygen atoms in total. The molecule has 2 heterocycles. The highest BCUT2D eigenvalue weighted by atomic mass is 32.1. The predicted octanol–water partition coefficient (Wildman–Crippen LogP) is 9.35. The summed E-state index contributed by atoms with van der Waals surface area (Å²) in [6.45, 7) is 8.52. The SMILES string of the molecule is Cc1cc(-c2ccccc2)cc(C)c1-c1csc(N)n1.Cc1cc(-c2ccccc2)cc(C)c1-c1csc(N)n1. The Morgan fingerprint density at radius 3 is 1.07 bits per heavy atom. The smallest absolute Gasteiger partial charge is 0.180 e. The summed E-state index contributed by atoms with van der Waals surface area (Å²) in [5.41, 5.74) is 25.7. The fourth-order valence-electron chi connectivity index (χ4n) is 5.13. The summed E-state index contributed by atoms with van der Waals surface area (Å²) in [6, 6.07) is 29.7. The molecule has 0 aliphatic carbocycles. The van der Waals surface area contributed by atoms with Gasteiger partial charge in [-0.1, -0.05) is 84.9 Å². The molecule has 6 aromatic rings. The van der Waals surface area contributed by atoms with Gasteiger partial charge in [-0.15, -0.1) is 22.7 Å². The second kappa shape index (κ2) is 11.9. The van der Waals surface area contributed by atoms with Gasteiger partial charge in [-0.3, -0.25) is 0 Å². The van der Waals surface area contributed by atoms with Gasteiger partial charge < -0.3 is 11.5 Å². The van der Waals surface area contributed by atoms with Crippen molar-refractivity contribution in [3.8, 4) is 44.8 Å². The monoisotopic (exact) mass is 560 g/mol. The van der Waals surface area contributed by atoms with Crippen molar-refractivity contribution >= 4 is 32.9 Å². The topological polar surface area (TPSA) is 77.8 Å². The average molecular weight is 561 g/mol. The molecule has 0 unspecified atom stereocenters. The lowest BCUT2D eigenvalue weighted by atomic mass is 9.94. The molecule has 200 valence electrons. The molecule has 0 aliphatic heterocycles. The van der Waals surface area contributed by atoms with Crippen molar-refractivity contribution in [1.82, 2.24) is 9.97 Å². The van der Waals surface area contributed by atoms with Crippen molar-refractivity contribution in [2.75, 3.05) is 11.5 Å². The van der Waals surface area contributed by atoms with Crippen LogP contribution in [0.15, 0.2) is 95.7 Å². The Morgan fingerprint density at radius 2 is 0.800 bits per heavy atom. The van der Waals surface area contributed by atoms with Crippen LogP contribution in [0.5, 0.6) is 0 Å². The van der Waals surface area contributed by atoms with Crippen LogP contribution in [0.3, 0.4) is 0 Å². The second-order valence-electron chi connectivity index (χ2n) is 9.84. The van der Waals surface area contributed by atoms with E-state index in [4.69, 9.17) is 11.5 Å². The van der Waals surface area contributed by atoms with Gasteiger partial charge in [0.05, 0.1) is 11.4 Å². The van der Waals surface area contributed by atoms with E-state index in [0.717, 1.165) is 11.4 Å². The van der Waals surface area contributed by atoms with Gasteiger partial charge in [0, 0.05) is 21.9 Å². The quantitative estimate of drug-likeness (QED) is 0.225. The molecule has 0 saturated carbocycles.